The number of carboxylic acid groups (broad SMARTS) is 1. The van der Waals surface area contributed by atoms with Gasteiger partial charge in [0, 0.05) is 17.3 Å². The van der Waals surface area contributed by atoms with Crippen LogP contribution in [0.5, 0.6) is 0 Å². The Balaban J connectivity index is 1.75. The molecular formula is C19H21ClN2O2. The van der Waals surface area contributed by atoms with E-state index in [4.69, 9.17) is 11.6 Å². The quantitative estimate of drug-likeness (QED) is 0.859. The zero-order chi connectivity index (χ0) is 16.9. The van der Waals surface area contributed by atoms with Crippen LogP contribution in [0.3, 0.4) is 0 Å². The highest BCUT2D eigenvalue weighted by molar-refractivity contribution is 6.30. The fourth-order valence-corrected chi connectivity index (χ4v) is 3.23. The van der Waals surface area contributed by atoms with E-state index in [1.807, 2.05) is 36.4 Å². The Morgan fingerprint density at radius 2 is 1.88 bits per heavy atom. The number of anilines is 1. The molecule has 0 radical (unpaired) electrons. The van der Waals surface area contributed by atoms with E-state index < -0.39 is 6.09 Å². The summed E-state index contributed by atoms with van der Waals surface area (Å²) in [6.45, 7) is 2.38. The van der Waals surface area contributed by atoms with Gasteiger partial charge in [-0.3, -0.25) is 4.90 Å². The molecule has 4 nitrogen and oxygen atoms in total. The summed E-state index contributed by atoms with van der Waals surface area (Å²) in [6, 6.07) is 15.1. The molecule has 1 atom stereocenters. The monoisotopic (exact) mass is 344 g/mol. The average molecular weight is 345 g/mol. The maximum Gasteiger partial charge on any atom is 0.412 e. The Bertz CT molecular complexity index is 680. The summed E-state index contributed by atoms with van der Waals surface area (Å²) in [4.78, 5) is 13.0. The minimum atomic E-state index is -0.961. The molecule has 0 unspecified atom stereocenters. The normalized spacial score (nSPS) is 17.5. The third kappa shape index (κ3) is 4.08. The lowest BCUT2D eigenvalue weighted by Gasteiger charge is -2.24. The van der Waals surface area contributed by atoms with Gasteiger partial charge in [-0.15, -0.1) is 0 Å². The van der Waals surface area contributed by atoms with Gasteiger partial charge in [-0.05, 0) is 60.7 Å². The van der Waals surface area contributed by atoms with E-state index in [1.165, 1.54) is 23.3 Å². The molecule has 1 fully saturated rings. The van der Waals surface area contributed by atoms with Crippen LogP contribution in [0.4, 0.5) is 10.5 Å². The minimum Gasteiger partial charge on any atom is -0.465 e. The summed E-state index contributed by atoms with van der Waals surface area (Å²) < 4.78 is 0. The second-order valence-electron chi connectivity index (χ2n) is 6.13. The second kappa shape index (κ2) is 7.69. The average Bonchev–Trinajstić information content (AvgIpc) is 2.62. The third-order valence-corrected chi connectivity index (χ3v) is 4.71. The molecule has 1 aliphatic heterocycles. The van der Waals surface area contributed by atoms with Gasteiger partial charge in [0.2, 0.25) is 0 Å². The number of carbonyl (C=O) groups is 1. The first kappa shape index (κ1) is 16.8. The number of rotatable bonds is 4. The van der Waals surface area contributed by atoms with Crippen molar-refractivity contribution < 1.29 is 9.90 Å². The van der Waals surface area contributed by atoms with Crippen LogP contribution in [-0.4, -0.2) is 24.3 Å². The molecule has 0 spiro atoms. The van der Waals surface area contributed by atoms with Gasteiger partial charge < -0.3 is 10.4 Å². The van der Waals surface area contributed by atoms with Crippen LogP contribution in [-0.2, 0) is 6.54 Å². The Morgan fingerprint density at radius 3 is 2.46 bits per heavy atom. The summed E-state index contributed by atoms with van der Waals surface area (Å²) in [7, 11) is 0. The Labute approximate surface area is 147 Å². The zero-order valence-electron chi connectivity index (χ0n) is 13.4. The molecule has 1 saturated heterocycles. The van der Waals surface area contributed by atoms with Crippen LogP contribution >= 0.6 is 11.6 Å². The molecule has 5 heteroatoms. The first-order chi connectivity index (χ1) is 11.6. The molecule has 1 heterocycles. The van der Waals surface area contributed by atoms with E-state index in [1.54, 1.807) is 12.1 Å². The summed E-state index contributed by atoms with van der Waals surface area (Å²) in [5.41, 5.74) is 2.86. The fraction of sp³-hybridized carbons (Fsp3) is 0.316. The van der Waals surface area contributed by atoms with Gasteiger partial charge in [0.25, 0.3) is 0 Å². The Morgan fingerprint density at radius 1 is 1.17 bits per heavy atom. The van der Waals surface area contributed by atoms with E-state index >= 15 is 0 Å². The number of hydrogen-bond donors (Lipinski definition) is 2. The summed E-state index contributed by atoms with van der Waals surface area (Å²) in [5.74, 6) is 0.516. The Hall–Kier alpha value is -2.04. The zero-order valence-corrected chi connectivity index (χ0v) is 14.2. The summed E-state index contributed by atoms with van der Waals surface area (Å²) in [5, 5.41) is 13.6. The topological polar surface area (TPSA) is 52.6 Å². The van der Waals surface area contributed by atoms with Crippen LogP contribution < -0.4 is 10.2 Å². The van der Waals surface area contributed by atoms with Crippen molar-refractivity contribution in [1.29, 1.82) is 0 Å². The second-order valence-corrected chi connectivity index (χ2v) is 6.57. The SMILES string of the molecule is O=C(O)N(Cc1ccc(Cl)cc1)c1ccc([C@@H]2CCCNC2)cc1. The van der Waals surface area contributed by atoms with Crippen molar-refractivity contribution in [2.45, 2.75) is 25.3 Å². The van der Waals surface area contributed by atoms with E-state index in [-0.39, 0.29) is 0 Å². The first-order valence-corrected chi connectivity index (χ1v) is 8.57. The molecule has 24 heavy (non-hydrogen) atoms. The van der Waals surface area contributed by atoms with E-state index in [0.717, 1.165) is 18.7 Å². The molecule has 2 N–H and O–H groups in total. The maximum atomic E-state index is 11.6. The van der Waals surface area contributed by atoms with Crippen LogP contribution in [0.25, 0.3) is 0 Å². The van der Waals surface area contributed by atoms with E-state index in [9.17, 15) is 9.90 Å². The van der Waals surface area contributed by atoms with Crippen LogP contribution in [0.2, 0.25) is 5.02 Å². The van der Waals surface area contributed by atoms with Crippen LogP contribution in [0.1, 0.15) is 29.9 Å². The lowest BCUT2D eigenvalue weighted by Crippen LogP contribution is -2.29. The number of benzene rings is 2. The smallest absolute Gasteiger partial charge is 0.412 e. The highest BCUT2D eigenvalue weighted by Gasteiger charge is 2.18. The van der Waals surface area contributed by atoms with Gasteiger partial charge in [0.1, 0.15) is 0 Å². The van der Waals surface area contributed by atoms with Crippen molar-refractivity contribution in [3.8, 4) is 0 Å². The summed E-state index contributed by atoms with van der Waals surface area (Å²) >= 11 is 5.88. The van der Waals surface area contributed by atoms with Crippen LogP contribution in [0, 0.1) is 0 Å². The van der Waals surface area contributed by atoms with Crippen molar-refractivity contribution in [2.75, 3.05) is 18.0 Å². The van der Waals surface area contributed by atoms with E-state index in [2.05, 4.69) is 5.32 Å². The van der Waals surface area contributed by atoms with Gasteiger partial charge in [0.15, 0.2) is 0 Å². The van der Waals surface area contributed by atoms with Crippen molar-refractivity contribution in [3.63, 3.8) is 0 Å². The minimum absolute atomic E-state index is 0.302. The number of amides is 1. The van der Waals surface area contributed by atoms with Crippen molar-refractivity contribution >= 4 is 23.4 Å². The molecule has 2 aromatic carbocycles. The van der Waals surface area contributed by atoms with Crippen molar-refractivity contribution in [3.05, 3.63) is 64.7 Å². The third-order valence-electron chi connectivity index (χ3n) is 4.46. The van der Waals surface area contributed by atoms with Crippen molar-refractivity contribution in [1.82, 2.24) is 5.32 Å². The lowest BCUT2D eigenvalue weighted by molar-refractivity contribution is 0.201. The number of hydrogen-bond acceptors (Lipinski definition) is 2. The standard InChI is InChI=1S/C19H21ClN2O2/c20-17-7-3-14(4-8-17)13-22(19(23)24)18-9-5-15(6-10-18)16-2-1-11-21-12-16/h3-10,16,21H,1-2,11-13H2,(H,23,24)/t16-/m1/s1. The van der Waals surface area contributed by atoms with Gasteiger partial charge in [0.05, 0.1) is 6.54 Å². The molecule has 1 amide bonds. The molecule has 0 aromatic heterocycles. The Kier molecular flexibility index (Phi) is 5.38. The van der Waals surface area contributed by atoms with Gasteiger partial charge in [-0.2, -0.15) is 0 Å². The van der Waals surface area contributed by atoms with Gasteiger partial charge in [-0.1, -0.05) is 35.9 Å². The van der Waals surface area contributed by atoms with Crippen molar-refractivity contribution in [2.24, 2.45) is 0 Å². The predicted octanol–water partition coefficient (Wildman–Crippen LogP) is 4.49. The van der Waals surface area contributed by atoms with Gasteiger partial charge in [-0.25, -0.2) is 4.79 Å². The maximum absolute atomic E-state index is 11.6. The number of nitrogens with zero attached hydrogens (tertiary/aromatic N) is 1. The molecule has 0 saturated carbocycles. The number of nitrogens with one attached hydrogen (secondary N) is 1. The highest BCUT2D eigenvalue weighted by Crippen LogP contribution is 2.26. The number of halogens is 1. The lowest BCUT2D eigenvalue weighted by atomic mass is 9.91. The molecule has 3 rings (SSSR count). The highest BCUT2D eigenvalue weighted by atomic mass is 35.5. The molecule has 2 aromatic rings. The molecule has 126 valence electrons. The van der Waals surface area contributed by atoms with Crippen LogP contribution in [0.15, 0.2) is 48.5 Å². The molecular weight excluding hydrogens is 324 g/mol. The number of piperidine rings is 1. The summed E-state index contributed by atoms with van der Waals surface area (Å²) in [6.07, 6.45) is 1.40. The molecule has 1 aliphatic rings. The fourth-order valence-electron chi connectivity index (χ4n) is 3.10. The largest absolute Gasteiger partial charge is 0.465 e. The van der Waals surface area contributed by atoms with Gasteiger partial charge >= 0.3 is 6.09 Å². The predicted molar refractivity (Wildman–Crippen MR) is 96.9 cm³/mol. The molecule has 0 bridgehead atoms. The first-order valence-electron chi connectivity index (χ1n) is 8.19. The molecule has 0 aliphatic carbocycles. The van der Waals surface area contributed by atoms with E-state index in [0.29, 0.717) is 23.2 Å².